The summed E-state index contributed by atoms with van der Waals surface area (Å²) >= 11 is 0. The number of hydrogen-bond donors (Lipinski definition) is 1. The van der Waals surface area contributed by atoms with Gasteiger partial charge in [0.15, 0.2) is 0 Å². The lowest BCUT2D eigenvalue weighted by Crippen LogP contribution is -2.10. The first kappa shape index (κ1) is 11.0. The third kappa shape index (κ3) is 1.53. The summed E-state index contributed by atoms with van der Waals surface area (Å²) in [6.45, 7) is 4.24. The average molecular weight is 241 g/mol. The highest BCUT2D eigenvalue weighted by Crippen LogP contribution is 2.31. The van der Waals surface area contributed by atoms with E-state index >= 15 is 0 Å². The Balaban J connectivity index is 2.39. The second kappa shape index (κ2) is 3.98. The van der Waals surface area contributed by atoms with E-state index in [9.17, 15) is 5.21 Å². The fourth-order valence-corrected chi connectivity index (χ4v) is 2.35. The molecule has 0 radical (unpaired) electrons. The van der Waals surface area contributed by atoms with Crippen LogP contribution in [-0.4, -0.2) is 19.9 Å². The Bertz CT molecular complexity index is 672. The van der Waals surface area contributed by atoms with Gasteiger partial charge in [0.25, 0.3) is 0 Å². The molecule has 1 aromatic carbocycles. The maximum atomic E-state index is 10.4. The van der Waals surface area contributed by atoms with E-state index in [2.05, 4.69) is 23.8 Å². The number of imidazole rings is 1. The van der Waals surface area contributed by atoms with E-state index in [0.717, 1.165) is 34.4 Å². The molecule has 3 rings (SSSR count). The van der Waals surface area contributed by atoms with Crippen LogP contribution in [0.2, 0.25) is 0 Å². The lowest BCUT2D eigenvalue weighted by molar-refractivity contribution is 0.186. The molecule has 2 aliphatic rings. The predicted molar refractivity (Wildman–Crippen MR) is 69.9 cm³/mol. The van der Waals surface area contributed by atoms with Gasteiger partial charge in [0.2, 0.25) is 0 Å². The highest BCUT2D eigenvalue weighted by atomic mass is 16.5. The normalized spacial score (nSPS) is 11.7. The van der Waals surface area contributed by atoms with Crippen LogP contribution in [0.5, 0.6) is 0 Å². The maximum Gasteiger partial charge on any atom is 0.117 e. The molecule has 0 aliphatic carbocycles. The summed E-state index contributed by atoms with van der Waals surface area (Å²) in [5.41, 5.74) is 3.27. The molecule has 4 nitrogen and oxygen atoms in total. The molecule has 18 heavy (non-hydrogen) atoms. The van der Waals surface area contributed by atoms with Gasteiger partial charge in [0.05, 0.1) is 11.2 Å². The zero-order valence-corrected chi connectivity index (χ0v) is 10.5. The molecular weight excluding hydrogens is 226 g/mol. The van der Waals surface area contributed by atoms with E-state index in [0.29, 0.717) is 5.92 Å². The van der Waals surface area contributed by atoms with E-state index in [4.69, 9.17) is 0 Å². The highest BCUT2D eigenvalue weighted by Gasteiger charge is 2.20. The summed E-state index contributed by atoms with van der Waals surface area (Å²) < 4.78 is 1.26. The number of nitrogens with zero attached hydrogens (tertiary/aromatic N) is 3. The molecule has 0 spiro atoms. The van der Waals surface area contributed by atoms with Crippen molar-refractivity contribution in [2.24, 2.45) is 5.92 Å². The van der Waals surface area contributed by atoms with Gasteiger partial charge in [-0.2, -0.15) is 4.73 Å². The minimum atomic E-state index is 0.449. The van der Waals surface area contributed by atoms with Gasteiger partial charge >= 0.3 is 0 Å². The van der Waals surface area contributed by atoms with Crippen molar-refractivity contribution in [3.05, 3.63) is 36.3 Å². The van der Waals surface area contributed by atoms with Gasteiger partial charge in [-0.1, -0.05) is 32.0 Å². The number of fused-ring (bicyclic) bond motifs is 3. The van der Waals surface area contributed by atoms with E-state index in [1.165, 1.54) is 4.73 Å². The summed E-state index contributed by atoms with van der Waals surface area (Å²) in [5.74, 6) is 0.449. The van der Waals surface area contributed by atoms with Crippen molar-refractivity contribution in [2.75, 3.05) is 0 Å². The number of para-hydroxylation sites is 1. The Morgan fingerprint density at radius 1 is 1.17 bits per heavy atom. The van der Waals surface area contributed by atoms with Crippen molar-refractivity contribution in [3.63, 3.8) is 0 Å². The van der Waals surface area contributed by atoms with Gasteiger partial charge in [-0.25, -0.2) is 9.97 Å². The van der Waals surface area contributed by atoms with Gasteiger partial charge in [-0.3, -0.25) is 0 Å². The largest absolute Gasteiger partial charge is 0.428 e. The van der Waals surface area contributed by atoms with Gasteiger partial charge in [0, 0.05) is 5.39 Å². The Kier molecular flexibility index (Phi) is 2.44. The fraction of sp³-hybridized carbons (Fsp3) is 0.286. The van der Waals surface area contributed by atoms with Crippen molar-refractivity contribution in [2.45, 2.75) is 20.3 Å². The number of benzene rings is 1. The van der Waals surface area contributed by atoms with E-state index in [-0.39, 0.29) is 0 Å². The monoisotopic (exact) mass is 241 g/mol. The third-order valence-corrected chi connectivity index (χ3v) is 3.12. The van der Waals surface area contributed by atoms with Gasteiger partial charge < -0.3 is 5.21 Å². The Morgan fingerprint density at radius 2 is 1.89 bits per heavy atom. The van der Waals surface area contributed by atoms with E-state index < -0.39 is 0 Å². The first-order valence-corrected chi connectivity index (χ1v) is 6.10. The first-order chi connectivity index (χ1) is 8.68. The van der Waals surface area contributed by atoms with Crippen LogP contribution >= 0.6 is 0 Å². The third-order valence-electron chi connectivity index (χ3n) is 3.12. The fourth-order valence-electron chi connectivity index (χ4n) is 2.35. The standard InChI is InChI=1S/C14H15N3O/c1-9(2)7-12-14-13(15-8-16-14)10-5-3-4-6-11(10)17(12)18/h3-6,8-9,18H,7H2,1-2H3. The molecule has 0 saturated carbocycles. The summed E-state index contributed by atoms with van der Waals surface area (Å²) in [5, 5.41) is 11.3. The number of hydrogen-bond acceptors (Lipinski definition) is 3. The smallest absolute Gasteiger partial charge is 0.117 e. The molecule has 0 fully saturated rings. The van der Waals surface area contributed by atoms with Crippen LogP contribution in [0.3, 0.4) is 0 Å². The molecule has 0 atom stereocenters. The Labute approximate surface area is 105 Å². The highest BCUT2D eigenvalue weighted by molar-refractivity contribution is 5.93. The average Bonchev–Trinajstić information content (AvgIpc) is 2.83. The summed E-state index contributed by atoms with van der Waals surface area (Å²) in [6, 6.07) is 7.71. The van der Waals surface area contributed by atoms with Crippen LogP contribution in [-0.2, 0) is 6.42 Å². The second-order valence-electron chi connectivity index (χ2n) is 4.94. The topological polar surface area (TPSA) is 50.9 Å². The molecule has 0 bridgehead atoms. The number of rotatable bonds is 2. The van der Waals surface area contributed by atoms with Crippen LogP contribution in [0.1, 0.15) is 19.5 Å². The van der Waals surface area contributed by atoms with Crippen molar-refractivity contribution in [1.82, 2.24) is 14.7 Å². The van der Waals surface area contributed by atoms with Crippen molar-refractivity contribution >= 4 is 10.9 Å². The zero-order valence-electron chi connectivity index (χ0n) is 10.5. The molecule has 2 aliphatic heterocycles. The molecule has 92 valence electrons. The van der Waals surface area contributed by atoms with Crippen LogP contribution < -0.4 is 0 Å². The number of aromatic nitrogens is 3. The molecule has 2 heterocycles. The molecular formula is C14H15N3O. The summed E-state index contributed by atoms with van der Waals surface area (Å²) in [4.78, 5) is 8.61. The number of pyridine rings is 1. The van der Waals surface area contributed by atoms with Gasteiger partial charge in [-0.15, -0.1) is 0 Å². The first-order valence-electron chi connectivity index (χ1n) is 6.10. The van der Waals surface area contributed by atoms with Crippen LogP contribution in [0, 0.1) is 5.92 Å². The molecule has 0 unspecified atom stereocenters. The van der Waals surface area contributed by atoms with Crippen LogP contribution in [0.4, 0.5) is 0 Å². The molecule has 0 aromatic heterocycles. The van der Waals surface area contributed by atoms with Crippen LogP contribution in [0.25, 0.3) is 22.3 Å². The Morgan fingerprint density at radius 3 is 2.67 bits per heavy atom. The van der Waals surface area contributed by atoms with Crippen molar-refractivity contribution < 1.29 is 5.21 Å². The summed E-state index contributed by atoms with van der Waals surface area (Å²) in [7, 11) is 0. The molecule has 1 aromatic rings. The van der Waals surface area contributed by atoms with Crippen LogP contribution in [0.15, 0.2) is 30.6 Å². The molecule has 0 amide bonds. The van der Waals surface area contributed by atoms with Crippen molar-refractivity contribution in [3.8, 4) is 11.4 Å². The molecule has 4 heteroatoms. The minimum Gasteiger partial charge on any atom is -0.428 e. The lowest BCUT2D eigenvalue weighted by atomic mass is 10.0. The zero-order chi connectivity index (χ0) is 12.7. The van der Waals surface area contributed by atoms with Gasteiger partial charge in [-0.05, 0) is 18.4 Å². The quantitative estimate of drug-likeness (QED) is 0.702. The molecule has 0 saturated heterocycles. The Hall–Kier alpha value is -2.10. The maximum absolute atomic E-state index is 10.4. The minimum absolute atomic E-state index is 0.449. The summed E-state index contributed by atoms with van der Waals surface area (Å²) in [6.07, 6.45) is 2.33. The predicted octanol–water partition coefficient (Wildman–Crippen LogP) is 2.97. The van der Waals surface area contributed by atoms with Crippen molar-refractivity contribution in [1.29, 1.82) is 0 Å². The van der Waals surface area contributed by atoms with E-state index in [1.807, 2.05) is 24.3 Å². The second-order valence-corrected chi connectivity index (χ2v) is 4.94. The molecule has 1 N–H and O–H groups in total. The SMILES string of the molecule is CC(C)Cc1c2ncnc-2c2ccccc2n1O. The van der Waals surface area contributed by atoms with E-state index in [1.54, 1.807) is 6.33 Å². The lowest BCUT2D eigenvalue weighted by Gasteiger charge is -2.16. The van der Waals surface area contributed by atoms with Gasteiger partial charge in [0.1, 0.15) is 17.7 Å².